The fourth-order valence-electron chi connectivity index (χ4n) is 1.90. The zero-order chi connectivity index (χ0) is 13.0. The standard InChI is InChI=1S/C13H13FN2O2/c14-13-9-12(16(17)18)7-6-10(13)3-1-4-11-5-2-8-15-11/h2,6-9H,1,3-5H2. The lowest BCUT2D eigenvalue weighted by atomic mass is 10.0. The van der Waals surface area contributed by atoms with E-state index < -0.39 is 10.7 Å². The molecule has 0 bridgehead atoms. The van der Waals surface area contributed by atoms with Crippen molar-refractivity contribution in [3.05, 3.63) is 52.0 Å². The van der Waals surface area contributed by atoms with E-state index in [2.05, 4.69) is 4.99 Å². The largest absolute Gasteiger partial charge is 0.272 e. The van der Waals surface area contributed by atoms with Crippen LogP contribution < -0.4 is 0 Å². The van der Waals surface area contributed by atoms with Crippen molar-refractivity contribution in [2.24, 2.45) is 4.99 Å². The van der Waals surface area contributed by atoms with Crippen LogP contribution in [0.2, 0.25) is 0 Å². The van der Waals surface area contributed by atoms with Crippen LogP contribution >= 0.6 is 0 Å². The molecule has 0 fully saturated rings. The van der Waals surface area contributed by atoms with Gasteiger partial charge in [0, 0.05) is 24.4 Å². The number of nitro groups is 1. The monoisotopic (exact) mass is 248 g/mol. The minimum atomic E-state index is -0.591. The van der Waals surface area contributed by atoms with Crippen LogP contribution in [-0.2, 0) is 6.42 Å². The zero-order valence-corrected chi connectivity index (χ0v) is 9.80. The summed E-state index contributed by atoms with van der Waals surface area (Å²) in [5.74, 6) is -0.504. The van der Waals surface area contributed by atoms with Gasteiger partial charge < -0.3 is 0 Å². The molecule has 0 saturated heterocycles. The number of nitrogens with zero attached hydrogens (tertiary/aromatic N) is 2. The summed E-state index contributed by atoms with van der Waals surface area (Å²) < 4.78 is 13.6. The van der Waals surface area contributed by atoms with E-state index in [4.69, 9.17) is 0 Å². The lowest BCUT2D eigenvalue weighted by Crippen LogP contribution is -1.98. The van der Waals surface area contributed by atoms with Gasteiger partial charge in [0.1, 0.15) is 5.82 Å². The van der Waals surface area contributed by atoms with Crippen molar-refractivity contribution >= 4 is 11.4 Å². The smallest absolute Gasteiger partial charge is 0.266 e. The van der Waals surface area contributed by atoms with Gasteiger partial charge >= 0.3 is 0 Å². The Morgan fingerprint density at radius 1 is 1.39 bits per heavy atom. The summed E-state index contributed by atoms with van der Waals surface area (Å²) in [6.07, 6.45) is 6.86. The van der Waals surface area contributed by atoms with E-state index in [0.717, 1.165) is 31.0 Å². The molecule has 4 nitrogen and oxygen atoms in total. The first-order valence-electron chi connectivity index (χ1n) is 5.80. The SMILES string of the molecule is O=[N+]([O-])c1ccc(CCCC2=NC=CC2)c(F)c1. The molecule has 1 aliphatic rings. The van der Waals surface area contributed by atoms with Crippen molar-refractivity contribution in [2.45, 2.75) is 25.7 Å². The third-order valence-electron chi connectivity index (χ3n) is 2.87. The molecule has 0 atom stereocenters. The van der Waals surface area contributed by atoms with Gasteiger partial charge in [-0.25, -0.2) is 4.39 Å². The molecule has 1 aromatic carbocycles. The van der Waals surface area contributed by atoms with Gasteiger partial charge in [0.25, 0.3) is 5.69 Å². The van der Waals surface area contributed by atoms with Crippen molar-refractivity contribution in [1.82, 2.24) is 0 Å². The Hall–Kier alpha value is -2.04. The predicted molar refractivity (Wildman–Crippen MR) is 67.2 cm³/mol. The Balaban J connectivity index is 1.91. The minimum Gasteiger partial charge on any atom is -0.266 e. The summed E-state index contributed by atoms with van der Waals surface area (Å²) in [7, 11) is 0. The molecule has 0 aromatic heterocycles. The van der Waals surface area contributed by atoms with E-state index in [1.165, 1.54) is 12.1 Å². The number of hydrogen-bond donors (Lipinski definition) is 0. The first kappa shape index (κ1) is 12.4. The number of rotatable bonds is 5. The zero-order valence-electron chi connectivity index (χ0n) is 9.80. The Kier molecular flexibility index (Phi) is 3.82. The molecular weight excluding hydrogens is 235 g/mol. The molecule has 0 N–H and O–H groups in total. The molecule has 0 saturated carbocycles. The fourth-order valence-corrected chi connectivity index (χ4v) is 1.90. The van der Waals surface area contributed by atoms with Crippen LogP contribution in [0, 0.1) is 15.9 Å². The van der Waals surface area contributed by atoms with Crippen LogP contribution in [0.5, 0.6) is 0 Å². The van der Waals surface area contributed by atoms with Crippen LogP contribution in [0.4, 0.5) is 10.1 Å². The van der Waals surface area contributed by atoms with E-state index in [0.29, 0.717) is 12.0 Å². The maximum absolute atomic E-state index is 13.6. The normalized spacial score (nSPS) is 13.7. The third-order valence-corrected chi connectivity index (χ3v) is 2.87. The molecule has 94 valence electrons. The number of aliphatic imine (C=N–C) groups is 1. The predicted octanol–water partition coefficient (Wildman–Crippen LogP) is 3.42. The van der Waals surface area contributed by atoms with Crippen molar-refractivity contribution in [3.8, 4) is 0 Å². The van der Waals surface area contributed by atoms with Crippen LogP contribution in [0.1, 0.15) is 24.8 Å². The lowest BCUT2D eigenvalue weighted by molar-refractivity contribution is -0.385. The van der Waals surface area contributed by atoms with Gasteiger partial charge in [-0.15, -0.1) is 0 Å². The van der Waals surface area contributed by atoms with Crippen molar-refractivity contribution in [2.75, 3.05) is 0 Å². The molecule has 1 aliphatic heterocycles. The number of benzene rings is 1. The Morgan fingerprint density at radius 2 is 2.22 bits per heavy atom. The van der Waals surface area contributed by atoms with Gasteiger partial charge in [-0.3, -0.25) is 15.1 Å². The molecule has 0 unspecified atom stereocenters. The van der Waals surface area contributed by atoms with E-state index in [1.807, 2.05) is 6.08 Å². The average Bonchev–Trinajstić information content (AvgIpc) is 2.84. The second-order valence-electron chi connectivity index (χ2n) is 4.17. The van der Waals surface area contributed by atoms with Crippen LogP contribution in [0.3, 0.4) is 0 Å². The summed E-state index contributed by atoms with van der Waals surface area (Å²) in [5, 5.41) is 10.5. The Morgan fingerprint density at radius 3 is 2.83 bits per heavy atom. The molecule has 1 aromatic rings. The highest BCUT2D eigenvalue weighted by molar-refractivity contribution is 5.87. The van der Waals surface area contributed by atoms with Crippen molar-refractivity contribution in [3.63, 3.8) is 0 Å². The van der Waals surface area contributed by atoms with Gasteiger partial charge in [-0.2, -0.15) is 0 Å². The molecule has 18 heavy (non-hydrogen) atoms. The number of halogens is 1. The molecule has 5 heteroatoms. The Labute approximate surface area is 104 Å². The number of hydrogen-bond acceptors (Lipinski definition) is 3. The average molecular weight is 248 g/mol. The highest BCUT2D eigenvalue weighted by Gasteiger charge is 2.10. The second-order valence-corrected chi connectivity index (χ2v) is 4.17. The van der Waals surface area contributed by atoms with Crippen LogP contribution in [0.15, 0.2) is 35.5 Å². The molecule has 0 radical (unpaired) electrons. The van der Waals surface area contributed by atoms with Crippen LogP contribution in [-0.4, -0.2) is 10.6 Å². The van der Waals surface area contributed by atoms with E-state index in [1.54, 1.807) is 6.20 Å². The summed E-state index contributed by atoms with van der Waals surface area (Å²) in [5.41, 5.74) is 1.42. The molecule has 1 heterocycles. The van der Waals surface area contributed by atoms with Gasteiger partial charge in [0.15, 0.2) is 0 Å². The second kappa shape index (κ2) is 5.53. The molecule has 2 rings (SSSR count). The summed E-state index contributed by atoms with van der Waals surface area (Å²) in [6, 6.07) is 3.80. The van der Waals surface area contributed by atoms with Gasteiger partial charge in [0.2, 0.25) is 0 Å². The summed E-state index contributed by atoms with van der Waals surface area (Å²) in [4.78, 5) is 14.1. The lowest BCUT2D eigenvalue weighted by Gasteiger charge is -2.03. The van der Waals surface area contributed by atoms with Crippen molar-refractivity contribution in [1.29, 1.82) is 0 Å². The maximum Gasteiger partial charge on any atom is 0.272 e. The first-order valence-corrected chi connectivity index (χ1v) is 5.80. The third kappa shape index (κ3) is 3.00. The van der Waals surface area contributed by atoms with E-state index in [9.17, 15) is 14.5 Å². The van der Waals surface area contributed by atoms with Gasteiger partial charge in [-0.1, -0.05) is 6.08 Å². The van der Waals surface area contributed by atoms with Gasteiger partial charge in [-0.05, 0) is 30.9 Å². The highest BCUT2D eigenvalue weighted by Crippen LogP contribution is 2.18. The summed E-state index contributed by atoms with van der Waals surface area (Å²) in [6.45, 7) is 0. The first-order chi connectivity index (χ1) is 8.66. The molecule has 0 amide bonds. The van der Waals surface area contributed by atoms with E-state index in [-0.39, 0.29) is 5.69 Å². The number of allylic oxidation sites excluding steroid dienone is 1. The number of aryl methyl sites for hydroxylation is 1. The van der Waals surface area contributed by atoms with Crippen molar-refractivity contribution < 1.29 is 9.31 Å². The minimum absolute atomic E-state index is 0.208. The summed E-state index contributed by atoms with van der Waals surface area (Å²) >= 11 is 0. The van der Waals surface area contributed by atoms with E-state index >= 15 is 0 Å². The number of non-ortho nitro benzene ring substituents is 1. The Bertz CT molecular complexity index is 524. The van der Waals surface area contributed by atoms with Crippen LogP contribution in [0.25, 0.3) is 0 Å². The fraction of sp³-hybridized carbons (Fsp3) is 0.308. The highest BCUT2D eigenvalue weighted by atomic mass is 19.1. The maximum atomic E-state index is 13.6. The molecule has 0 aliphatic carbocycles. The quantitative estimate of drug-likeness (QED) is 0.592. The molecular formula is C13H13FN2O2. The number of nitro benzene ring substituents is 1. The molecule has 0 spiro atoms. The topological polar surface area (TPSA) is 55.5 Å². The van der Waals surface area contributed by atoms with Gasteiger partial charge in [0.05, 0.1) is 11.0 Å².